The minimum absolute atomic E-state index is 0.627. The molecule has 140 valence electrons. The molecule has 0 N–H and O–H groups in total. The first-order valence-electron chi connectivity index (χ1n) is 8.61. The molecule has 2 heterocycles. The SMILES string of the molecule is Cc1cccc(-n2c(SCc3ccc(Cl)cc3Cl)nnc2-c2ccncc2)c1. The molecule has 0 amide bonds. The fraction of sp³-hybridized carbons (Fsp3) is 0.0952. The van der Waals surface area contributed by atoms with Gasteiger partial charge in [-0.3, -0.25) is 9.55 Å². The van der Waals surface area contributed by atoms with E-state index in [2.05, 4.69) is 44.9 Å². The first-order chi connectivity index (χ1) is 13.6. The number of halogens is 2. The molecule has 4 aromatic rings. The van der Waals surface area contributed by atoms with Crippen molar-refractivity contribution in [2.45, 2.75) is 17.8 Å². The van der Waals surface area contributed by atoms with Gasteiger partial charge < -0.3 is 0 Å². The Morgan fingerprint density at radius 1 is 0.964 bits per heavy atom. The van der Waals surface area contributed by atoms with E-state index >= 15 is 0 Å². The summed E-state index contributed by atoms with van der Waals surface area (Å²) in [6.45, 7) is 2.07. The monoisotopic (exact) mass is 426 g/mol. The molecule has 28 heavy (non-hydrogen) atoms. The first kappa shape index (κ1) is 19.0. The van der Waals surface area contributed by atoms with Crippen LogP contribution in [-0.2, 0) is 5.75 Å². The lowest BCUT2D eigenvalue weighted by Gasteiger charge is -2.11. The Kier molecular flexibility index (Phi) is 5.67. The van der Waals surface area contributed by atoms with Gasteiger partial charge in [-0.1, -0.05) is 53.2 Å². The van der Waals surface area contributed by atoms with Crippen molar-refractivity contribution >= 4 is 35.0 Å². The molecule has 0 saturated heterocycles. The van der Waals surface area contributed by atoms with Crippen molar-refractivity contribution in [1.82, 2.24) is 19.7 Å². The summed E-state index contributed by atoms with van der Waals surface area (Å²) in [5.74, 6) is 1.44. The number of aryl methyl sites for hydroxylation is 1. The van der Waals surface area contributed by atoms with Crippen LogP contribution in [0.2, 0.25) is 10.0 Å². The molecule has 0 unspecified atom stereocenters. The maximum atomic E-state index is 6.33. The van der Waals surface area contributed by atoms with E-state index in [4.69, 9.17) is 23.2 Å². The number of thioether (sulfide) groups is 1. The van der Waals surface area contributed by atoms with Gasteiger partial charge in [-0.2, -0.15) is 0 Å². The van der Waals surface area contributed by atoms with Gasteiger partial charge in [0.05, 0.1) is 0 Å². The summed E-state index contributed by atoms with van der Waals surface area (Å²) in [7, 11) is 0. The molecule has 0 radical (unpaired) electrons. The zero-order chi connectivity index (χ0) is 19.5. The maximum absolute atomic E-state index is 6.33. The second kappa shape index (κ2) is 8.35. The Balaban J connectivity index is 1.74. The Labute approximate surface area is 177 Å². The molecule has 0 saturated carbocycles. The highest BCUT2D eigenvalue weighted by molar-refractivity contribution is 7.98. The third-order valence-electron chi connectivity index (χ3n) is 4.20. The summed E-state index contributed by atoms with van der Waals surface area (Å²) in [6.07, 6.45) is 3.51. The van der Waals surface area contributed by atoms with Crippen LogP contribution in [0.4, 0.5) is 0 Å². The molecule has 7 heteroatoms. The highest BCUT2D eigenvalue weighted by Crippen LogP contribution is 2.32. The van der Waals surface area contributed by atoms with Crippen LogP contribution in [0.15, 0.2) is 72.1 Å². The third-order valence-corrected chi connectivity index (χ3v) is 5.77. The van der Waals surface area contributed by atoms with Crippen molar-refractivity contribution in [1.29, 1.82) is 0 Å². The lowest BCUT2D eigenvalue weighted by Crippen LogP contribution is -2.00. The average Bonchev–Trinajstić information content (AvgIpc) is 3.12. The second-order valence-electron chi connectivity index (χ2n) is 6.24. The number of rotatable bonds is 5. The molecule has 0 aliphatic heterocycles. The molecule has 0 aliphatic rings. The van der Waals surface area contributed by atoms with Gasteiger partial charge in [-0.25, -0.2) is 0 Å². The van der Waals surface area contributed by atoms with E-state index < -0.39 is 0 Å². The van der Waals surface area contributed by atoms with Gasteiger partial charge in [-0.05, 0) is 54.4 Å². The molecule has 4 nitrogen and oxygen atoms in total. The minimum atomic E-state index is 0.627. The third kappa shape index (κ3) is 4.07. The Morgan fingerprint density at radius 2 is 1.79 bits per heavy atom. The second-order valence-corrected chi connectivity index (χ2v) is 8.03. The van der Waals surface area contributed by atoms with Gasteiger partial charge in [0.15, 0.2) is 11.0 Å². The Bertz CT molecular complexity index is 1110. The molecular formula is C21H16Cl2N4S. The molecule has 4 rings (SSSR count). The van der Waals surface area contributed by atoms with Crippen molar-refractivity contribution < 1.29 is 0 Å². The maximum Gasteiger partial charge on any atom is 0.196 e. The molecule has 0 atom stereocenters. The zero-order valence-electron chi connectivity index (χ0n) is 15.0. The number of hydrogen-bond donors (Lipinski definition) is 0. The summed E-state index contributed by atoms with van der Waals surface area (Å²) in [5, 5.41) is 11.0. The Hall–Kier alpha value is -2.34. The summed E-state index contributed by atoms with van der Waals surface area (Å²) in [4.78, 5) is 4.10. The molecule has 0 aliphatic carbocycles. The number of pyridine rings is 1. The standard InChI is InChI=1S/C21H16Cl2N4S/c1-14-3-2-4-18(11-14)27-20(15-7-9-24-10-8-15)25-26-21(27)28-13-16-5-6-17(22)12-19(16)23/h2-12H,13H2,1H3. The van der Waals surface area contributed by atoms with E-state index in [0.29, 0.717) is 15.8 Å². The predicted octanol–water partition coefficient (Wildman–Crippen LogP) is 6.24. The first-order valence-corrected chi connectivity index (χ1v) is 10.4. The quantitative estimate of drug-likeness (QED) is 0.354. The van der Waals surface area contributed by atoms with Crippen LogP contribution in [0, 0.1) is 6.92 Å². The Morgan fingerprint density at radius 3 is 2.54 bits per heavy atom. The van der Waals surface area contributed by atoms with Gasteiger partial charge >= 0.3 is 0 Å². The molecule has 0 fully saturated rings. The average molecular weight is 427 g/mol. The van der Waals surface area contributed by atoms with E-state index in [9.17, 15) is 0 Å². The summed E-state index contributed by atoms with van der Waals surface area (Å²) >= 11 is 13.9. The smallest absolute Gasteiger partial charge is 0.196 e. The van der Waals surface area contributed by atoms with E-state index in [1.165, 1.54) is 5.56 Å². The van der Waals surface area contributed by atoms with E-state index in [-0.39, 0.29) is 0 Å². The topological polar surface area (TPSA) is 43.6 Å². The fourth-order valence-corrected chi connectivity index (χ4v) is 4.34. The van der Waals surface area contributed by atoms with Crippen molar-refractivity contribution in [2.24, 2.45) is 0 Å². The van der Waals surface area contributed by atoms with Crippen LogP contribution in [0.25, 0.3) is 17.1 Å². The highest BCUT2D eigenvalue weighted by Gasteiger charge is 2.17. The molecule has 2 aromatic carbocycles. The van der Waals surface area contributed by atoms with E-state index in [1.807, 2.05) is 30.3 Å². The zero-order valence-corrected chi connectivity index (χ0v) is 17.3. The summed E-state index contributed by atoms with van der Waals surface area (Å²) < 4.78 is 2.07. The van der Waals surface area contributed by atoms with Gasteiger partial charge in [0.1, 0.15) is 0 Å². The van der Waals surface area contributed by atoms with Crippen LogP contribution in [0.1, 0.15) is 11.1 Å². The summed E-state index contributed by atoms with van der Waals surface area (Å²) in [6, 6.07) is 17.7. The lowest BCUT2D eigenvalue weighted by atomic mass is 10.2. The number of hydrogen-bond acceptors (Lipinski definition) is 4. The minimum Gasteiger partial charge on any atom is -0.270 e. The van der Waals surface area contributed by atoms with Crippen LogP contribution in [-0.4, -0.2) is 19.7 Å². The van der Waals surface area contributed by atoms with Crippen LogP contribution in [0.5, 0.6) is 0 Å². The molecule has 0 spiro atoms. The number of benzene rings is 2. The fourth-order valence-electron chi connectivity index (χ4n) is 2.83. The predicted molar refractivity (Wildman–Crippen MR) is 115 cm³/mol. The van der Waals surface area contributed by atoms with Gasteiger partial charge in [0.2, 0.25) is 0 Å². The molecular weight excluding hydrogens is 411 g/mol. The van der Waals surface area contributed by atoms with Gasteiger partial charge in [0.25, 0.3) is 0 Å². The normalized spacial score (nSPS) is 11.0. The van der Waals surface area contributed by atoms with Crippen LogP contribution in [0.3, 0.4) is 0 Å². The van der Waals surface area contributed by atoms with Crippen molar-refractivity contribution in [2.75, 3.05) is 0 Å². The van der Waals surface area contributed by atoms with Crippen LogP contribution >= 0.6 is 35.0 Å². The summed E-state index contributed by atoms with van der Waals surface area (Å²) in [5.41, 5.74) is 4.14. The van der Waals surface area contributed by atoms with Crippen molar-refractivity contribution in [3.05, 3.63) is 88.2 Å². The van der Waals surface area contributed by atoms with Crippen LogP contribution < -0.4 is 0 Å². The largest absolute Gasteiger partial charge is 0.270 e. The number of aromatic nitrogens is 4. The number of nitrogens with zero attached hydrogens (tertiary/aromatic N) is 4. The van der Waals surface area contributed by atoms with E-state index in [1.54, 1.807) is 30.2 Å². The van der Waals surface area contributed by atoms with Crippen molar-refractivity contribution in [3.8, 4) is 17.1 Å². The highest BCUT2D eigenvalue weighted by atomic mass is 35.5. The van der Waals surface area contributed by atoms with Gasteiger partial charge in [-0.15, -0.1) is 10.2 Å². The molecule has 2 aromatic heterocycles. The molecule has 0 bridgehead atoms. The van der Waals surface area contributed by atoms with E-state index in [0.717, 1.165) is 27.8 Å². The lowest BCUT2D eigenvalue weighted by molar-refractivity contribution is 0.885. The van der Waals surface area contributed by atoms with Gasteiger partial charge in [0, 0.05) is 39.4 Å². The van der Waals surface area contributed by atoms with Crippen molar-refractivity contribution in [3.63, 3.8) is 0 Å².